The third-order valence-corrected chi connectivity index (χ3v) is 5.94. The Labute approximate surface area is 163 Å². The summed E-state index contributed by atoms with van der Waals surface area (Å²) in [5, 5.41) is 12.4. The molecule has 0 spiro atoms. The zero-order chi connectivity index (χ0) is 18.8. The van der Waals surface area contributed by atoms with E-state index in [1.165, 1.54) is 35.1 Å². The summed E-state index contributed by atoms with van der Waals surface area (Å²) < 4.78 is 29.4. The van der Waals surface area contributed by atoms with E-state index in [1.807, 2.05) is 29.2 Å². The van der Waals surface area contributed by atoms with Crippen LogP contribution in [-0.4, -0.2) is 14.8 Å². The monoisotopic (exact) mass is 402 g/mol. The third kappa shape index (κ3) is 3.91. The molecule has 8 heteroatoms. The summed E-state index contributed by atoms with van der Waals surface area (Å²) >= 11 is 3.09. The molecule has 1 aromatic carbocycles. The number of nitrogens with one attached hydrogen (secondary N) is 1. The van der Waals surface area contributed by atoms with Gasteiger partial charge in [-0.1, -0.05) is 17.4 Å². The van der Waals surface area contributed by atoms with E-state index >= 15 is 0 Å². The molecule has 27 heavy (non-hydrogen) atoms. The predicted octanol–water partition coefficient (Wildman–Crippen LogP) is 5.32. The molecule has 0 radical (unpaired) electrons. The second kappa shape index (κ2) is 7.58. The summed E-state index contributed by atoms with van der Waals surface area (Å²) in [5.41, 5.74) is 2.89. The largest absolute Gasteiger partial charge is 0.357 e. The van der Waals surface area contributed by atoms with Crippen LogP contribution in [0.1, 0.15) is 16.8 Å². The van der Waals surface area contributed by atoms with Gasteiger partial charge in [0, 0.05) is 18.3 Å². The van der Waals surface area contributed by atoms with Crippen LogP contribution in [0.2, 0.25) is 0 Å². The van der Waals surface area contributed by atoms with Crippen molar-refractivity contribution in [3.63, 3.8) is 0 Å². The number of hydrogen-bond acceptors (Lipinski definition) is 5. The van der Waals surface area contributed by atoms with Crippen molar-refractivity contribution < 1.29 is 8.78 Å². The van der Waals surface area contributed by atoms with Crippen LogP contribution in [-0.2, 0) is 13.1 Å². The fraction of sp³-hybridized carbons (Fsp3) is 0.158. The molecule has 0 bridgehead atoms. The van der Waals surface area contributed by atoms with E-state index < -0.39 is 11.6 Å². The first-order valence-electron chi connectivity index (χ1n) is 8.29. The fourth-order valence-corrected chi connectivity index (χ4v) is 4.30. The quantitative estimate of drug-likeness (QED) is 0.475. The molecule has 3 aromatic heterocycles. The van der Waals surface area contributed by atoms with Crippen LogP contribution in [0.4, 0.5) is 13.9 Å². The van der Waals surface area contributed by atoms with E-state index in [-0.39, 0.29) is 12.1 Å². The van der Waals surface area contributed by atoms with Gasteiger partial charge in [-0.25, -0.2) is 13.8 Å². The Morgan fingerprint density at radius 1 is 1.15 bits per heavy atom. The maximum Gasteiger partial charge on any atom is 0.183 e. The normalized spacial score (nSPS) is 11.1. The molecule has 4 aromatic rings. The van der Waals surface area contributed by atoms with E-state index in [0.29, 0.717) is 5.13 Å². The molecule has 0 aliphatic carbocycles. The fourth-order valence-electron chi connectivity index (χ4n) is 2.72. The van der Waals surface area contributed by atoms with Gasteiger partial charge < -0.3 is 5.32 Å². The van der Waals surface area contributed by atoms with Crippen molar-refractivity contribution in [1.29, 1.82) is 0 Å². The number of thiophene rings is 1. The smallest absolute Gasteiger partial charge is 0.183 e. The minimum absolute atomic E-state index is 0.00643. The van der Waals surface area contributed by atoms with Gasteiger partial charge in [0.1, 0.15) is 17.3 Å². The minimum Gasteiger partial charge on any atom is -0.357 e. The van der Waals surface area contributed by atoms with Crippen molar-refractivity contribution in [3.8, 4) is 10.6 Å². The lowest BCUT2D eigenvalue weighted by Crippen LogP contribution is -2.04. The zero-order valence-electron chi connectivity index (χ0n) is 14.4. The van der Waals surface area contributed by atoms with E-state index in [1.54, 1.807) is 11.3 Å². The molecular weight excluding hydrogens is 386 g/mol. The number of aryl methyl sites for hydroxylation is 1. The third-order valence-electron chi connectivity index (χ3n) is 4.07. The average Bonchev–Trinajstić information content (AvgIpc) is 3.37. The van der Waals surface area contributed by atoms with E-state index in [0.717, 1.165) is 22.8 Å². The van der Waals surface area contributed by atoms with Gasteiger partial charge in [0.2, 0.25) is 0 Å². The molecule has 0 amide bonds. The van der Waals surface area contributed by atoms with Crippen LogP contribution in [0, 0.1) is 18.6 Å². The van der Waals surface area contributed by atoms with Crippen LogP contribution in [0.25, 0.3) is 10.6 Å². The SMILES string of the molecule is Cc1nc(NCc2c(F)cccc2F)sc1-c1ccn(Cc2ccsc2)n1. The first kappa shape index (κ1) is 17.8. The Balaban J connectivity index is 1.49. The van der Waals surface area contributed by atoms with Gasteiger partial charge >= 0.3 is 0 Å². The number of halogens is 2. The molecular formula is C19H16F2N4S2. The van der Waals surface area contributed by atoms with Gasteiger partial charge in [-0.05, 0) is 47.5 Å². The highest BCUT2D eigenvalue weighted by molar-refractivity contribution is 7.19. The summed E-state index contributed by atoms with van der Waals surface area (Å²) in [7, 11) is 0. The van der Waals surface area contributed by atoms with Crippen LogP contribution < -0.4 is 5.32 Å². The molecule has 0 aliphatic rings. The van der Waals surface area contributed by atoms with Crippen LogP contribution in [0.3, 0.4) is 0 Å². The molecule has 3 heterocycles. The Morgan fingerprint density at radius 2 is 1.96 bits per heavy atom. The van der Waals surface area contributed by atoms with Crippen molar-refractivity contribution in [1.82, 2.24) is 14.8 Å². The standard InChI is InChI=1S/C19H16F2N4S2/c1-12-18(17-5-7-25(24-17)10-13-6-8-26-11-13)27-19(23-12)22-9-14-15(20)3-2-4-16(14)21/h2-8,11H,9-10H2,1H3,(H,22,23). The van der Waals surface area contributed by atoms with E-state index in [4.69, 9.17) is 0 Å². The second-order valence-electron chi connectivity index (χ2n) is 6.02. The number of anilines is 1. The predicted molar refractivity (Wildman–Crippen MR) is 105 cm³/mol. The molecule has 1 N–H and O–H groups in total. The van der Waals surface area contributed by atoms with E-state index in [9.17, 15) is 8.78 Å². The lowest BCUT2D eigenvalue weighted by atomic mass is 10.2. The summed E-state index contributed by atoms with van der Waals surface area (Å²) in [4.78, 5) is 5.40. The number of nitrogens with zero attached hydrogens (tertiary/aromatic N) is 3. The molecule has 0 saturated heterocycles. The van der Waals surface area contributed by atoms with Crippen molar-refractivity contribution in [2.24, 2.45) is 0 Å². The van der Waals surface area contributed by atoms with Gasteiger partial charge in [0.05, 0.1) is 17.1 Å². The molecule has 4 nitrogen and oxygen atoms in total. The van der Waals surface area contributed by atoms with Gasteiger partial charge in [0.15, 0.2) is 5.13 Å². The topological polar surface area (TPSA) is 42.7 Å². The molecule has 138 valence electrons. The highest BCUT2D eigenvalue weighted by Crippen LogP contribution is 2.32. The molecule has 0 aliphatic heterocycles. The van der Waals surface area contributed by atoms with Crippen molar-refractivity contribution in [2.75, 3.05) is 5.32 Å². The molecule has 0 unspecified atom stereocenters. The minimum atomic E-state index is -0.567. The highest BCUT2D eigenvalue weighted by atomic mass is 32.1. The van der Waals surface area contributed by atoms with Crippen LogP contribution in [0.15, 0.2) is 47.3 Å². The van der Waals surface area contributed by atoms with Gasteiger partial charge in [-0.15, -0.1) is 0 Å². The Hall–Kier alpha value is -2.58. The lowest BCUT2D eigenvalue weighted by Gasteiger charge is -2.05. The summed E-state index contributed by atoms with van der Waals surface area (Å²) in [6.07, 6.45) is 1.94. The second-order valence-corrected chi connectivity index (χ2v) is 7.80. The number of hydrogen-bond donors (Lipinski definition) is 1. The number of rotatable bonds is 6. The summed E-state index contributed by atoms with van der Waals surface area (Å²) in [6, 6.07) is 7.88. The summed E-state index contributed by atoms with van der Waals surface area (Å²) in [6.45, 7) is 2.66. The maximum absolute atomic E-state index is 13.8. The van der Waals surface area contributed by atoms with Gasteiger partial charge in [0.25, 0.3) is 0 Å². The van der Waals surface area contributed by atoms with Crippen molar-refractivity contribution in [2.45, 2.75) is 20.0 Å². The molecule has 0 fully saturated rings. The first-order valence-corrected chi connectivity index (χ1v) is 10.0. The first-order chi connectivity index (χ1) is 13.1. The lowest BCUT2D eigenvalue weighted by molar-refractivity contribution is 0.560. The van der Waals surface area contributed by atoms with Gasteiger partial charge in [-0.2, -0.15) is 16.4 Å². The Morgan fingerprint density at radius 3 is 2.70 bits per heavy atom. The van der Waals surface area contributed by atoms with Gasteiger partial charge in [-0.3, -0.25) is 4.68 Å². The highest BCUT2D eigenvalue weighted by Gasteiger charge is 2.14. The molecule has 0 atom stereocenters. The molecule has 0 saturated carbocycles. The number of benzene rings is 1. The van der Waals surface area contributed by atoms with Crippen molar-refractivity contribution in [3.05, 3.63) is 75.7 Å². The molecule has 4 rings (SSSR count). The zero-order valence-corrected chi connectivity index (χ0v) is 16.1. The Kier molecular flexibility index (Phi) is 5.00. The number of thiazole rings is 1. The number of aromatic nitrogens is 3. The average molecular weight is 402 g/mol. The Bertz CT molecular complexity index is 1030. The van der Waals surface area contributed by atoms with Crippen molar-refractivity contribution >= 4 is 27.8 Å². The maximum atomic E-state index is 13.8. The van der Waals surface area contributed by atoms with Crippen LogP contribution >= 0.6 is 22.7 Å². The summed E-state index contributed by atoms with van der Waals surface area (Å²) in [5.74, 6) is -1.13. The van der Waals surface area contributed by atoms with Crippen LogP contribution in [0.5, 0.6) is 0 Å². The van der Waals surface area contributed by atoms with E-state index in [2.05, 4.69) is 26.8 Å².